The lowest BCUT2D eigenvalue weighted by Crippen LogP contribution is -2.67. The van der Waals surface area contributed by atoms with Gasteiger partial charge in [0.25, 0.3) is 5.91 Å². The first-order chi connectivity index (χ1) is 10.2. The van der Waals surface area contributed by atoms with Gasteiger partial charge in [-0.05, 0) is 19.3 Å². The minimum atomic E-state index is -2.60. The summed E-state index contributed by atoms with van der Waals surface area (Å²) in [6.45, 7) is 10.4. The van der Waals surface area contributed by atoms with Crippen LogP contribution in [0.25, 0.3) is 0 Å². The minimum absolute atomic E-state index is 0.155. The van der Waals surface area contributed by atoms with Crippen LogP contribution in [0.15, 0.2) is 38.0 Å². The molecule has 0 aliphatic heterocycles. The summed E-state index contributed by atoms with van der Waals surface area (Å²) in [6.07, 6.45) is 3.36. The van der Waals surface area contributed by atoms with Crippen molar-refractivity contribution in [3.63, 3.8) is 0 Å². The maximum Gasteiger partial charge on any atom is 0.251 e. The van der Waals surface area contributed by atoms with E-state index in [4.69, 9.17) is 17.2 Å². The normalized spacial score (nSPS) is 15.1. The third-order valence-electron chi connectivity index (χ3n) is 3.81. The van der Waals surface area contributed by atoms with Gasteiger partial charge in [-0.1, -0.05) is 18.2 Å². The molecule has 0 fully saturated rings. The molecule has 22 heavy (non-hydrogen) atoms. The fourth-order valence-corrected chi connectivity index (χ4v) is 2.68. The molecule has 0 rings (SSSR count). The van der Waals surface area contributed by atoms with E-state index in [2.05, 4.69) is 19.7 Å². The molecule has 0 saturated carbocycles. The van der Waals surface area contributed by atoms with Gasteiger partial charge in [0.15, 0.2) is 5.60 Å². The van der Waals surface area contributed by atoms with Gasteiger partial charge in [0.2, 0.25) is 11.8 Å². The van der Waals surface area contributed by atoms with Crippen LogP contribution in [-0.2, 0) is 14.4 Å². The van der Waals surface area contributed by atoms with E-state index in [1.165, 1.54) is 18.2 Å². The van der Waals surface area contributed by atoms with Crippen LogP contribution in [0, 0.1) is 11.3 Å². The average molecular weight is 309 g/mol. The molecule has 0 saturated heterocycles. The van der Waals surface area contributed by atoms with E-state index < -0.39 is 34.7 Å². The van der Waals surface area contributed by atoms with Gasteiger partial charge in [-0.2, -0.15) is 0 Å². The number of allylic oxidation sites excluding steroid dienone is 3. The maximum atomic E-state index is 12.1. The second-order valence-corrected chi connectivity index (χ2v) is 5.04. The van der Waals surface area contributed by atoms with E-state index >= 15 is 0 Å². The Hall–Kier alpha value is -2.41. The molecule has 2 atom stereocenters. The smallest absolute Gasteiger partial charge is 0.251 e. The molecule has 0 aromatic carbocycles. The Balaban J connectivity index is 6.56. The summed E-state index contributed by atoms with van der Waals surface area (Å²) >= 11 is 0. The Labute approximate surface area is 129 Å². The zero-order valence-electron chi connectivity index (χ0n) is 12.5. The first-order valence-electron chi connectivity index (χ1n) is 6.59. The summed E-state index contributed by atoms with van der Waals surface area (Å²) in [5, 5.41) is 11.0. The highest BCUT2D eigenvalue weighted by Crippen LogP contribution is 2.45. The third-order valence-corrected chi connectivity index (χ3v) is 3.81. The van der Waals surface area contributed by atoms with E-state index in [0.29, 0.717) is 0 Å². The highest BCUT2D eigenvalue weighted by molar-refractivity contribution is 5.98. The highest BCUT2D eigenvalue weighted by atomic mass is 16.3. The van der Waals surface area contributed by atoms with Crippen LogP contribution in [0.1, 0.15) is 19.3 Å². The van der Waals surface area contributed by atoms with Crippen LogP contribution < -0.4 is 17.2 Å². The molecule has 0 aromatic rings. The van der Waals surface area contributed by atoms with Gasteiger partial charge in [-0.15, -0.1) is 19.7 Å². The van der Waals surface area contributed by atoms with E-state index in [1.54, 1.807) is 0 Å². The van der Waals surface area contributed by atoms with Crippen molar-refractivity contribution in [2.75, 3.05) is 0 Å². The fraction of sp³-hybridized carbons (Fsp3) is 0.400. The second-order valence-electron chi connectivity index (χ2n) is 5.04. The Bertz CT molecular complexity index is 491. The zero-order valence-corrected chi connectivity index (χ0v) is 12.5. The lowest BCUT2D eigenvalue weighted by molar-refractivity contribution is -0.176. The number of rotatable bonds is 11. The van der Waals surface area contributed by atoms with Crippen molar-refractivity contribution < 1.29 is 19.5 Å². The quantitative estimate of drug-likeness (QED) is 0.381. The highest BCUT2D eigenvalue weighted by Gasteiger charge is 2.62. The van der Waals surface area contributed by atoms with Crippen LogP contribution in [-0.4, -0.2) is 28.4 Å². The summed E-state index contributed by atoms with van der Waals surface area (Å²) in [7, 11) is 0. The second kappa shape index (κ2) is 7.56. The SMILES string of the molecule is C=CCC(C(N)=O)C(O)(C(N)=O)C(CC=C)(CC=C)C(N)=O. The Morgan fingerprint density at radius 3 is 1.64 bits per heavy atom. The number of hydrogen-bond acceptors (Lipinski definition) is 4. The monoisotopic (exact) mass is 309 g/mol. The van der Waals surface area contributed by atoms with Crippen molar-refractivity contribution in [2.24, 2.45) is 28.5 Å². The van der Waals surface area contributed by atoms with E-state index in [-0.39, 0.29) is 19.3 Å². The number of primary amides is 3. The Kier molecular flexibility index (Phi) is 6.73. The third kappa shape index (κ3) is 3.09. The van der Waals surface area contributed by atoms with Gasteiger partial charge in [-0.25, -0.2) is 0 Å². The molecule has 0 aliphatic rings. The lowest BCUT2D eigenvalue weighted by atomic mass is 9.60. The van der Waals surface area contributed by atoms with Gasteiger partial charge in [0, 0.05) is 0 Å². The van der Waals surface area contributed by atoms with Crippen molar-refractivity contribution in [1.29, 1.82) is 0 Å². The van der Waals surface area contributed by atoms with E-state index in [1.807, 2.05) is 0 Å². The minimum Gasteiger partial charge on any atom is -0.378 e. The molecule has 122 valence electrons. The molecule has 3 amide bonds. The summed E-state index contributed by atoms with van der Waals surface area (Å²) in [5.41, 5.74) is 11.5. The lowest BCUT2D eigenvalue weighted by Gasteiger charge is -2.45. The molecule has 0 heterocycles. The predicted molar refractivity (Wildman–Crippen MR) is 82.9 cm³/mol. The maximum absolute atomic E-state index is 12.1. The Morgan fingerprint density at radius 1 is 0.955 bits per heavy atom. The molecule has 7 N–H and O–H groups in total. The summed E-state index contributed by atoms with van der Waals surface area (Å²) in [5.74, 6) is -4.75. The summed E-state index contributed by atoms with van der Waals surface area (Å²) < 4.78 is 0. The average Bonchev–Trinajstić information content (AvgIpc) is 2.42. The van der Waals surface area contributed by atoms with Crippen LogP contribution >= 0.6 is 0 Å². The van der Waals surface area contributed by atoms with Crippen molar-refractivity contribution >= 4 is 17.7 Å². The molecular formula is C15H23N3O4. The van der Waals surface area contributed by atoms with Gasteiger partial charge in [0.1, 0.15) is 0 Å². The Morgan fingerprint density at radius 2 is 1.41 bits per heavy atom. The number of carbonyl (C=O) groups excluding carboxylic acids is 3. The molecule has 0 aliphatic carbocycles. The van der Waals surface area contributed by atoms with Crippen molar-refractivity contribution in [2.45, 2.75) is 24.9 Å². The van der Waals surface area contributed by atoms with Gasteiger partial charge >= 0.3 is 0 Å². The van der Waals surface area contributed by atoms with Crippen LogP contribution in [0.2, 0.25) is 0 Å². The van der Waals surface area contributed by atoms with Crippen LogP contribution in [0.4, 0.5) is 0 Å². The largest absolute Gasteiger partial charge is 0.378 e. The number of carbonyl (C=O) groups is 3. The van der Waals surface area contributed by atoms with Gasteiger partial charge < -0.3 is 22.3 Å². The van der Waals surface area contributed by atoms with Crippen molar-refractivity contribution in [3.05, 3.63) is 38.0 Å². The van der Waals surface area contributed by atoms with E-state index in [9.17, 15) is 19.5 Å². The molecular weight excluding hydrogens is 286 g/mol. The van der Waals surface area contributed by atoms with Crippen molar-refractivity contribution in [3.8, 4) is 0 Å². The predicted octanol–water partition coefficient (Wildman–Crippen LogP) is -0.496. The van der Waals surface area contributed by atoms with Crippen LogP contribution in [0.5, 0.6) is 0 Å². The number of nitrogens with two attached hydrogens (primary N) is 3. The molecule has 7 heteroatoms. The molecule has 0 spiro atoms. The number of hydrogen-bond donors (Lipinski definition) is 4. The topological polar surface area (TPSA) is 150 Å². The molecule has 2 unspecified atom stereocenters. The summed E-state index contributed by atoms with van der Waals surface area (Å²) in [4.78, 5) is 35.8. The van der Waals surface area contributed by atoms with Gasteiger partial charge in [-0.3, -0.25) is 14.4 Å². The number of amides is 3. The molecule has 0 radical (unpaired) electrons. The fourth-order valence-electron chi connectivity index (χ4n) is 2.68. The van der Waals surface area contributed by atoms with Crippen molar-refractivity contribution in [1.82, 2.24) is 0 Å². The number of aliphatic hydroxyl groups is 1. The zero-order chi connectivity index (χ0) is 17.6. The first kappa shape index (κ1) is 19.6. The standard InChI is InChI=1S/C15H23N3O4/c1-4-7-10(11(16)19)15(22,13(18)21)14(8-5-2,9-6-3)12(17)20/h4-6,10,22H,1-3,7-9H2,(H2,16,19)(H2,17,20)(H2,18,21). The van der Waals surface area contributed by atoms with Crippen LogP contribution in [0.3, 0.4) is 0 Å². The molecule has 7 nitrogen and oxygen atoms in total. The molecule has 0 aromatic heterocycles. The first-order valence-corrected chi connectivity index (χ1v) is 6.59. The van der Waals surface area contributed by atoms with Gasteiger partial charge in [0.05, 0.1) is 11.3 Å². The van der Waals surface area contributed by atoms with E-state index in [0.717, 1.165) is 0 Å². The molecule has 0 bridgehead atoms. The summed E-state index contributed by atoms with van der Waals surface area (Å²) in [6, 6.07) is 0.